The van der Waals surface area contributed by atoms with Crippen molar-refractivity contribution in [2.75, 3.05) is 12.3 Å². The molecule has 1 amide bonds. The Labute approximate surface area is 169 Å². The molecule has 1 aromatic carbocycles. The van der Waals surface area contributed by atoms with Gasteiger partial charge in [-0.2, -0.15) is 0 Å². The minimum absolute atomic E-state index is 0.0439. The summed E-state index contributed by atoms with van der Waals surface area (Å²) in [7, 11) is 0. The van der Waals surface area contributed by atoms with Crippen molar-refractivity contribution in [1.82, 2.24) is 9.88 Å². The van der Waals surface area contributed by atoms with Crippen LogP contribution in [0.5, 0.6) is 0 Å². The highest BCUT2D eigenvalue weighted by atomic mass is 32.1. The highest BCUT2D eigenvalue weighted by molar-refractivity contribution is 7.21. The number of nitrogens with zero attached hydrogens (tertiary/aromatic N) is 2. The number of hydrogen-bond donors (Lipinski definition) is 1. The van der Waals surface area contributed by atoms with Gasteiger partial charge in [0.15, 0.2) is 0 Å². The Balaban J connectivity index is 1.49. The lowest BCUT2D eigenvalue weighted by atomic mass is 9.96. The first-order valence-corrected chi connectivity index (χ1v) is 11.1. The number of amides is 1. The van der Waals surface area contributed by atoms with Crippen LogP contribution < -0.4 is 5.73 Å². The Bertz CT molecular complexity index is 1060. The SMILES string of the molecule is Nc1c(C(=O)N2CCc3ccccc3C2)sc2nc3c(cc12)CCCCCC3. The molecule has 0 spiro atoms. The van der Waals surface area contributed by atoms with Crippen molar-refractivity contribution in [2.45, 2.75) is 51.5 Å². The molecule has 0 saturated carbocycles. The summed E-state index contributed by atoms with van der Waals surface area (Å²) in [5, 5.41) is 0.963. The molecule has 0 fully saturated rings. The number of aromatic nitrogens is 1. The molecule has 1 aliphatic heterocycles. The minimum Gasteiger partial charge on any atom is -0.397 e. The number of carbonyl (C=O) groups is 1. The Morgan fingerprint density at radius 3 is 2.64 bits per heavy atom. The number of pyridine rings is 1. The van der Waals surface area contributed by atoms with Gasteiger partial charge in [0.25, 0.3) is 5.91 Å². The maximum absolute atomic E-state index is 13.3. The fourth-order valence-electron chi connectivity index (χ4n) is 4.48. The van der Waals surface area contributed by atoms with Crippen LogP contribution in [0.3, 0.4) is 0 Å². The van der Waals surface area contributed by atoms with Crippen LogP contribution in [-0.4, -0.2) is 22.3 Å². The number of thiophene rings is 1. The van der Waals surface area contributed by atoms with Crippen LogP contribution in [0.2, 0.25) is 0 Å². The molecule has 5 rings (SSSR count). The average molecular weight is 392 g/mol. The summed E-state index contributed by atoms with van der Waals surface area (Å²) in [6, 6.07) is 10.6. The first-order valence-electron chi connectivity index (χ1n) is 10.3. The lowest BCUT2D eigenvalue weighted by Crippen LogP contribution is -2.35. The molecule has 3 aromatic rings. The standard InChI is InChI=1S/C23H25N3OS/c24-20-18-13-16-8-3-1-2-4-10-19(16)25-22(18)28-21(20)23(27)26-12-11-15-7-5-6-9-17(15)14-26/h5-7,9,13H,1-4,8,10-12,14,24H2. The van der Waals surface area contributed by atoms with Gasteiger partial charge in [-0.3, -0.25) is 4.79 Å². The zero-order chi connectivity index (χ0) is 19.1. The molecule has 0 atom stereocenters. The van der Waals surface area contributed by atoms with Crippen LogP contribution in [0.25, 0.3) is 10.2 Å². The number of fused-ring (bicyclic) bond motifs is 3. The molecule has 3 heterocycles. The quantitative estimate of drug-likeness (QED) is 0.652. The van der Waals surface area contributed by atoms with Crippen molar-refractivity contribution in [3.05, 3.63) is 57.6 Å². The Morgan fingerprint density at radius 2 is 1.79 bits per heavy atom. The van der Waals surface area contributed by atoms with E-state index >= 15 is 0 Å². The van der Waals surface area contributed by atoms with Crippen molar-refractivity contribution in [1.29, 1.82) is 0 Å². The topological polar surface area (TPSA) is 59.2 Å². The molecule has 144 valence electrons. The summed E-state index contributed by atoms with van der Waals surface area (Å²) >= 11 is 1.46. The smallest absolute Gasteiger partial charge is 0.266 e. The Morgan fingerprint density at radius 1 is 1.00 bits per heavy atom. The van der Waals surface area contributed by atoms with Gasteiger partial charge in [-0.25, -0.2) is 4.98 Å². The lowest BCUT2D eigenvalue weighted by Gasteiger charge is -2.28. The normalized spacial score (nSPS) is 16.9. The maximum Gasteiger partial charge on any atom is 0.266 e. The van der Waals surface area contributed by atoms with Crippen LogP contribution >= 0.6 is 11.3 Å². The molecule has 4 nitrogen and oxygen atoms in total. The molecule has 2 aliphatic rings. The van der Waals surface area contributed by atoms with Crippen LogP contribution in [0.1, 0.15) is 57.7 Å². The predicted molar refractivity (Wildman–Crippen MR) is 115 cm³/mol. The van der Waals surface area contributed by atoms with Crippen LogP contribution in [-0.2, 0) is 25.8 Å². The lowest BCUT2D eigenvalue weighted by molar-refractivity contribution is 0.0740. The number of aryl methyl sites for hydroxylation is 2. The number of rotatable bonds is 1. The summed E-state index contributed by atoms with van der Waals surface area (Å²) in [5.41, 5.74) is 12.2. The molecule has 0 radical (unpaired) electrons. The molecular formula is C23H25N3OS. The van der Waals surface area contributed by atoms with Gasteiger partial charge in [-0.15, -0.1) is 11.3 Å². The van der Waals surface area contributed by atoms with Gasteiger partial charge in [0.2, 0.25) is 0 Å². The molecule has 0 saturated heterocycles. The summed E-state index contributed by atoms with van der Waals surface area (Å²) < 4.78 is 0. The van der Waals surface area contributed by atoms with Crippen molar-refractivity contribution in [3.63, 3.8) is 0 Å². The van der Waals surface area contributed by atoms with E-state index in [1.807, 2.05) is 11.0 Å². The number of hydrogen-bond acceptors (Lipinski definition) is 4. The van der Waals surface area contributed by atoms with E-state index in [9.17, 15) is 4.79 Å². The summed E-state index contributed by atoms with van der Waals surface area (Å²) in [6.45, 7) is 1.40. The molecule has 2 N–H and O–H groups in total. The van der Waals surface area contributed by atoms with E-state index in [0.29, 0.717) is 17.1 Å². The van der Waals surface area contributed by atoms with Crippen molar-refractivity contribution < 1.29 is 4.79 Å². The van der Waals surface area contributed by atoms with Gasteiger partial charge in [0.05, 0.1) is 5.69 Å². The first kappa shape index (κ1) is 17.7. The van der Waals surface area contributed by atoms with E-state index in [0.717, 1.165) is 36.0 Å². The maximum atomic E-state index is 13.3. The van der Waals surface area contributed by atoms with E-state index < -0.39 is 0 Å². The predicted octanol–water partition coefficient (Wildman–Crippen LogP) is 4.74. The summed E-state index contributed by atoms with van der Waals surface area (Å²) in [5.74, 6) is 0.0439. The molecule has 5 heteroatoms. The van der Waals surface area contributed by atoms with Gasteiger partial charge < -0.3 is 10.6 Å². The Kier molecular flexibility index (Phi) is 4.55. The second kappa shape index (κ2) is 7.21. The van der Waals surface area contributed by atoms with E-state index in [2.05, 4.69) is 24.3 Å². The average Bonchev–Trinajstić information content (AvgIpc) is 3.02. The van der Waals surface area contributed by atoms with Crippen LogP contribution in [0.15, 0.2) is 30.3 Å². The largest absolute Gasteiger partial charge is 0.397 e. The van der Waals surface area contributed by atoms with E-state index in [4.69, 9.17) is 10.7 Å². The molecule has 28 heavy (non-hydrogen) atoms. The zero-order valence-corrected chi connectivity index (χ0v) is 16.9. The van der Waals surface area contributed by atoms with Crippen molar-refractivity contribution in [3.8, 4) is 0 Å². The number of carbonyl (C=O) groups excluding carboxylic acids is 1. The second-order valence-electron chi connectivity index (χ2n) is 7.95. The fourth-order valence-corrected chi connectivity index (χ4v) is 5.55. The van der Waals surface area contributed by atoms with Gasteiger partial charge >= 0.3 is 0 Å². The highest BCUT2D eigenvalue weighted by Gasteiger charge is 2.26. The van der Waals surface area contributed by atoms with Gasteiger partial charge in [-0.1, -0.05) is 37.1 Å². The van der Waals surface area contributed by atoms with Crippen LogP contribution in [0.4, 0.5) is 5.69 Å². The van der Waals surface area contributed by atoms with E-state index in [-0.39, 0.29) is 5.91 Å². The number of nitrogens with two attached hydrogens (primary N) is 1. The molecule has 2 aromatic heterocycles. The molecule has 0 bridgehead atoms. The molecule has 0 unspecified atom stereocenters. The second-order valence-corrected chi connectivity index (χ2v) is 8.95. The first-order chi connectivity index (χ1) is 13.7. The van der Waals surface area contributed by atoms with Gasteiger partial charge in [0, 0.05) is 24.2 Å². The number of anilines is 1. The van der Waals surface area contributed by atoms with E-state index in [1.54, 1.807) is 0 Å². The Hall–Kier alpha value is -2.40. The third-order valence-corrected chi connectivity index (χ3v) is 7.21. The third kappa shape index (κ3) is 3.08. The van der Waals surface area contributed by atoms with Crippen LogP contribution in [0, 0.1) is 0 Å². The minimum atomic E-state index is 0.0439. The van der Waals surface area contributed by atoms with Gasteiger partial charge in [-0.05, 0) is 54.9 Å². The fraction of sp³-hybridized carbons (Fsp3) is 0.391. The summed E-state index contributed by atoms with van der Waals surface area (Å²) in [4.78, 5) is 21.7. The number of benzene rings is 1. The molecule has 1 aliphatic carbocycles. The monoisotopic (exact) mass is 391 g/mol. The van der Waals surface area contributed by atoms with Gasteiger partial charge in [0.1, 0.15) is 9.71 Å². The number of nitrogen functional groups attached to an aromatic ring is 1. The van der Waals surface area contributed by atoms with Crippen molar-refractivity contribution in [2.24, 2.45) is 0 Å². The van der Waals surface area contributed by atoms with E-state index in [1.165, 1.54) is 59.4 Å². The summed E-state index contributed by atoms with van der Waals surface area (Å²) in [6.07, 6.45) is 7.99. The van der Waals surface area contributed by atoms with Crippen molar-refractivity contribution >= 4 is 33.1 Å². The third-order valence-electron chi connectivity index (χ3n) is 6.11. The molecular weight excluding hydrogens is 366 g/mol. The highest BCUT2D eigenvalue weighted by Crippen LogP contribution is 2.36. The zero-order valence-electron chi connectivity index (χ0n) is 16.0.